The van der Waals surface area contributed by atoms with Gasteiger partial charge in [0.15, 0.2) is 0 Å². The molecule has 0 fully saturated rings. The molecule has 0 nitrogen and oxygen atoms in total. The van der Waals surface area contributed by atoms with Crippen LogP contribution < -0.4 is 0 Å². The molecule has 0 amide bonds. The van der Waals surface area contributed by atoms with Crippen LogP contribution in [0.25, 0.3) is 0 Å². The first-order chi connectivity index (χ1) is 0. The first-order valence-corrected chi connectivity index (χ1v) is 0. The van der Waals surface area contributed by atoms with E-state index in [4.69, 9.17) is 0 Å². The monoisotopic (exact) mass is 326 g/mol. The van der Waals surface area contributed by atoms with Crippen molar-refractivity contribution in [2.24, 2.45) is 0 Å². The van der Waals surface area contributed by atoms with E-state index < -0.39 is 0 Å². The van der Waals surface area contributed by atoms with Gasteiger partial charge in [0.05, 0.1) is 0 Å². The number of rotatable bonds is 0. The van der Waals surface area contributed by atoms with Crippen molar-refractivity contribution in [2.45, 2.75) is 0 Å². The Bertz CT molecular complexity index is 8.04. The molecule has 52 valence electrons. The molecule has 0 aromatic rings. The average molecular weight is 329 g/mol. The van der Waals surface area contributed by atoms with Crippen molar-refractivity contribution in [1.29, 1.82) is 0 Å². The van der Waals surface area contributed by atoms with Crippen molar-refractivity contribution in [1.82, 2.24) is 0 Å². The Morgan fingerprint density at radius 1 is 0.429 bits per heavy atom. The van der Waals surface area contributed by atoms with Crippen molar-refractivity contribution in [3.63, 3.8) is 0 Å². The molecule has 0 aliphatic carbocycles. The van der Waals surface area contributed by atoms with E-state index in [9.17, 15) is 0 Å². The van der Waals surface area contributed by atoms with E-state index >= 15 is 0 Å². The predicted octanol–water partition coefficient (Wildman–Crippen LogP) is 2.10. The van der Waals surface area contributed by atoms with Crippen LogP contribution in [0.1, 0.15) is 0 Å². The Labute approximate surface area is 104 Å². The molecule has 0 spiro atoms. The van der Waals surface area contributed by atoms with Crippen LogP contribution in [-0.4, -0.2) is 0 Å². The van der Waals surface area contributed by atoms with Gasteiger partial charge in [-0.15, -0.1) is 62.0 Å². The smallest absolute Gasteiger partial charge is 0 e. The third-order valence-electron chi connectivity index (χ3n) is 0. The SMILES string of the molecule is Cl.Cl.Cl.Cl.Cl.[Fe].[Zr]. The van der Waals surface area contributed by atoms with Gasteiger partial charge >= 0.3 is 0 Å². The summed E-state index contributed by atoms with van der Waals surface area (Å²) in [6.45, 7) is 0. The van der Waals surface area contributed by atoms with E-state index in [0.29, 0.717) is 0 Å². The fourth-order valence-electron chi connectivity index (χ4n) is 0. The van der Waals surface area contributed by atoms with Crippen molar-refractivity contribution in [3.05, 3.63) is 0 Å². The van der Waals surface area contributed by atoms with Gasteiger partial charge in [0.2, 0.25) is 0 Å². The molecule has 0 saturated carbocycles. The fraction of sp³-hybridized carbons (Fsp3) is 0. The van der Waals surface area contributed by atoms with Crippen molar-refractivity contribution in [3.8, 4) is 0 Å². The summed E-state index contributed by atoms with van der Waals surface area (Å²) in [5.41, 5.74) is 0. The van der Waals surface area contributed by atoms with Gasteiger partial charge in [0, 0.05) is 43.3 Å². The zero-order valence-corrected chi connectivity index (χ0v) is 10.5. The minimum Gasteiger partial charge on any atom is -0.147 e. The Kier molecular flexibility index (Phi) is 909. The van der Waals surface area contributed by atoms with E-state index in [1.807, 2.05) is 0 Å². The molecule has 0 aromatic heterocycles. The summed E-state index contributed by atoms with van der Waals surface area (Å²) in [5, 5.41) is 0. The second kappa shape index (κ2) is 67.1. The standard InChI is InChI=1S/5ClH.Fe.Zr/h5*1H;;. The van der Waals surface area contributed by atoms with E-state index in [-0.39, 0.29) is 105 Å². The first-order valence-electron chi connectivity index (χ1n) is 0. The predicted molar refractivity (Wildman–Crippen MR) is 36.2 cm³/mol. The zero-order valence-electron chi connectivity index (χ0n) is 2.89. The third kappa shape index (κ3) is 51.1. The van der Waals surface area contributed by atoms with Gasteiger partial charge in [-0.1, -0.05) is 0 Å². The largest absolute Gasteiger partial charge is 0.147 e. The van der Waals surface area contributed by atoms with E-state index in [1.54, 1.807) is 0 Å². The second-order valence-corrected chi connectivity index (χ2v) is 0. The molecule has 0 bridgehead atoms. The molecule has 0 aliphatic rings. The fourth-order valence-corrected chi connectivity index (χ4v) is 0. The van der Waals surface area contributed by atoms with E-state index in [1.165, 1.54) is 0 Å². The van der Waals surface area contributed by atoms with Gasteiger partial charge in [0.25, 0.3) is 0 Å². The van der Waals surface area contributed by atoms with Crippen molar-refractivity contribution >= 4 is 62.0 Å². The van der Waals surface area contributed by atoms with Crippen LogP contribution in [0.15, 0.2) is 0 Å². The molecular formula is H5Cl5FeZr. The van der Waals surface area contributed by atoms with Gasteiger partial charge in [-0.25, -0.2) is 0 Å². The summed E-state index contributed by atoms with van der Waals surface area (Å²) in [6.07, 6.45) is 0. The van der Waals surface area contributed by atoms with Crippen LogP contribution in [0, 0.1) is 0 Å². The molecule has 0 rings (SSSR count). The van der Waals surface area contributed by atoms with Gasteiger partial charge < -0.3 is 0 Å². The van der Waals surface area contributed by atoms with Crippen molar-refractivity contribution < 1.29 is 43.3 Å². The molecule has 0 heterocycles. The quantitative estimate of drug-likeness (QED) is 0.597. The summed E-state index contributed by atoms with van der Waals surface area (Å²) >= 11 is 0. The Morgan fingerprint density at radius 3 is 0.429 bits per heavy atom. The van der Waals surface area contributed by atoms with E-state index in [2.05, 4.69) is 0 Å². The zero-order chi connectivity index (χ0) is 0. The van der Waals surface area contributed by atoms with Gasteiger partial charge in [-0.2, -0.15) is 0 Å². The molecule has 0 radical (unpaired) electrons. The maximum absolute atomic E-state index is 0. The molecule has 0 unspecified atom stereocenters. The summed E-state index contributed by atoms with van der Waals surface area (Å²) in [7, 11) is 0. The number of hydrogen-bond acceptors (Lipinski definition) is 0. The van der Waals surface area contributed by atoms with Crippen LogP contribution in [0.5, 0.6) is 0 Å². The molecule has 0 atom stereocenters. The summed E-state index contributed by atoms with van der Waals surface area (Å²) in [6, 6.07) is 0. The number of halogens is 5. The number of hydrogen-bond donors (Lipinski definition) is 0. The van der Waals surface area contributed by atoms with E-state index in [0.717, 1.165) is 0 Å². The van der Waals surface area contributed by atoms with Crippen LogP contribution in [0.2, 0.25) is 0 Å². The molecule has 0 aromatic carbocycles. The second-order valence-electron chi connectivity index (χ2n) is 0. The summed E-state index contributed by atoms with van der Waals surface area (Å²) < 4.78 is 0. The molecule has 0 saturated heterocycles. The molecule has 7 heavy (non-hydrogen) atoms. The molecule has 7 heteroatoms. The molecular weight excluding hydrogens is 324 g/mol. The molecule has 0 aliphatic heterocycles. The Morgan fingerprint density at radius 2 is 0.429 bits per heavy atom. The van der Waals surface area contributed by atoms with Crippen molar-refractivity contribution in [2.75, 3.05) is 0 Å². The van der Waals surface area contributed by atoms with Gasteiger partial charge in [0.1, 0.15) is 0 Å². The topological polar surface area (TPSA) is 0 Å². The first kappa shape index (κ1) is 94.9. The van der Waals surface area contributed by atoms with Gasteiger partial charge in [-0.3, -0.25) is 0 Å². The van der Waals surface area contributed by atoms with Crippen LogP contribution >= 0.6 is 62.0 Å². The summed E-state index contributed by atoms with van der Waals surface area (Å²) in [5.74, 6) is 0. The maximum atomic E-state index is 0. The van der Waals surface area contributed by atoms with Crippen LogP contribution in [0.4, 0.5) is 0 Å². The molecule has 0 N–H and O–H groups in total. The normalized spacial score (nSPS) is 0. The Balaban J connectivity index is 0. The third-order valence-corrected chi connectivity index (χ3v) is 0. The minimum atomic E-state index is 0. The van der Waals surface area contributed by atoms with Crippen LogP contribution in [-0.2, 0) is 43.3 Å². The average Bonchev–Trinajstić information content (AvgIpc) is 0. The summed E-state index contributed by atoms with van der Waals surface area (Å²) in [4.78, 5) is 0. The van der Waals surface area contributed by atoms with Crippen LogP contribution in [0.3, 0.4) is 0 Å². The maximum Gasteiger partial charge on any atom is 0 e. The Hall–Kier alpha value is 2.85. The van der Waals surface area contributed by atoms with Gasteiger partial charge in [-0.05, 0) is 0 Å². The minimum absolute atomic E-state index is 0.